The monoisotopic (exact) mass is 419 g/mol. The first-order valence-electron chi connectivity index (χ1n) is 10.5. The van der Waals surface area contributed by atoms with Gasteiger partial charge in [0, 0.05) is 24.2 Å². The maximum absolute atomic E-state index is 14.9. The molecule has 2 atom stereocenters. The molecule has 5 heterocycles. The number of carbonyl (C=O) groups is 1. The number of rotatable bonds is 3. The van der Waals surface area contributed by atoms with Gasteiger partial charge in [-0.15, -0.1) is 0 Å². The normalized spacial score (nSPS) is 22.6. The van der Waals surface area contributed by atoms with Crippen LogP contribution in [0.1, 0.15) is 24.1 Å². The van der Waals surface area contributed by atoms with Gasteiger partial charge in [-0.3, -0.25) is 4.79 Å². The second-order valence-electron chi connectivity index (χ2n) is 8.83. The number of amides is 1. The zero-order valence-corrected chi connectivity index (χ0v) is 17.3. The predicted octanol–water partition coefficient (Wildman–Crippen LogP) is 2.74. The summed E-state index contributed by atoms with van der Waals surface area (Å²) in [5.41, 5.74) is 4.14. The number of nitrogens with zero attached hydrogens (tertiary/aromatic N) is 5. The summed E-state index contributed by atoms with van der Waals surface area (Å²) in [5, 5.41) is 10.8. The predicted molar refractivity (Wildman–Crippen MR) is 113 cm³/mol. The highest BCUT2D eigenvalue weighted by Gasteiger charge is 2.59. The third kappa shape index (κ3) is 2.91. The maximum atomic E-state index is 14.9. The molecule has 31 heavy (non-hydrogen) atoms. The van der Waals surface area contributed by atoms with Crippen LogP contribution in [-0.4, -0.2) is 43.0 Å². The smallest absolute Gasteiger partial charge is 0.229 e. The van der Waals surface area contributed by atoms with Crippen LogP contribution in [0.3, 0.4) is 0 Å². The third-order valence-electron chi connectivity index (χ3n) is 6.57. The molecule has 1 aliphatic carbocycles. The minimum atomic E-state index is -0.470. The molecule has 6 rings (SSSR count). The maximum Gasteiger partial charge on any atom is 0.229 e. The average Bonchev–Trinajstić information content (AvgIpc) is 3.06. The number of aromatic nitrogens is 5. The summed E-state index contributed by atoms with van der Waals surface area (Å²) < 4.78 is 18.2. The van der Waals surface area contributed by atoms with Crippen molar-refractivity contribution in [2.75, 3.05) is 18.4 Å². The Bertz CT molecular complexity index is 1370. The first kappa shape index (κ1) is 18.4. The van der Waals surface area contributed by atoms with E-state index >= 15 is 0 Å². The Morgan fingerprint density at radius 1 is 1.23 bits per heavy atom. The quantitative estimate of drug-likeness (QED) is 0.533. The van der Waals surface area contributed by atoms with E-state index in [0.717, 1.165) is 42.8 Å². The molecular weight excluding hydrogens is 397 g/mol. The molecule has 1 saturated heterocycles. The van der Waals surface area contributed by atoms with Crippen LogP contribution in [0.4, 0.5) is 10.2 Å². The molecule has 1 amide bonds. The van der Waals surface area contributed by atoms with Crippen molar-refractivity contribution < 1.29 is 9.18 Å². The van der Waals surface area contributed by atoms with Gasteiger partial charge in [-0.05, 0) is 56.3 Å². The van der Waals surface area contributed by atoms with Crippen molar-refractivity contribution in [1.82, 2.24) is 29.3 Å². The van der Waals surface area contributed by atoms with Crippen molar-refractivity contribution in [2.45, 2.75) is 26.7 Å². The second-order valence-corrected chi connectivity index (χ2v) is 8.83. The zero-order valence-electron chi connectivity index (χ0n) is 17.3. The summed E-state index contributed by atoms with van der Waals surface area (Å²) in [6.45, 7) is 5.72. The molecular formula is C22H22FN7O. The van der Waals surface area contributed by atoms with Crippen molar-refractivity contribution in [3.05, 3.63) is 47.8 Å². The number of fused-ring (bicyclic) bond motifs is 2. The Hall–Kier alpha value is -3.33. The fourth-order valence-corrected chi connectivity index (χ4v) is 4.81. The highest BCUT2D eigenvalue weighted by atomic mass is 19.1. The fraction of sp³-hybridized carbons (Fsp3) is 0.364. The van der Waals surface area contributed by atoms with Crippen LogP contribution in [0.5, 0.6) is 0 Å². The van der Waals surface area contributed by atoms with Crippen molar-refractivity contribution in [2.24, 2.45) is 11.3 Å². The Balaban J connectivity index is 1.32. The third-order valence-corrected chi connectivity index (χ3v) is 6.57. The van der Waals surface area contributed by atoms with Gasteiger partial charge >= 0.3 is 0 Å². The van der Waals surface area contributed by atoms with E-state index < -0.39 is 5.82 Å². The van der Waals surface area contributed by atoms with Crippen LogP contribution in [0.2, 0.25) is 0 Å². The van der Waals surface area contributed by atoms with Gasteiger partial charge in [0.25, 0.3) is 0 Å². The van der Waals surface area contributed by atoms with E-state index in [1.807, 2.05) is 26.1 Å². The van der Waals surface area contributed by atoms with E-state index in [9.17, 15) is 9.18 Å². The lowest BCUT2D eigenvalue weighted by atomic mass is 10.0. The average molecular weight is 419 g/mol. The minimum Gasteiger partial charge on any atom is -0.316 e. The molecule has 8 nitrogen and oxygen atoms in total. The standard InChI is InChI=1S/C22H22FN7O/c1-12-5-17(28-30-8-13(2)25-19(12)30)14-6-16(23)20-26-18(10-29(20)9-14)27-21(31)15-7-22(15)3-4-24-11-22/h5-6,8-10,15,24H,3-4,7,11H2,1-2H3,(H,27,31). The van der Waals surface area contributed by atoms with E-state index in [4.69, 9.17) is 0 Å². The number of carbonyl (C=O) groups excluding carboxylic acids is 1. The fourth-order valence-electron chi connectivity index (χ4n) is 4.81. The summed E-state index contributed by atoms with van der Waals surface area (Å²) in [7, 11) is 0. The van der Waals surface area contributed by atoms with E-state index in [-0.39, 0.29) is 22.9 Å². The summed E-state index contributed by atoms with van der Waals surface area (Å²) in [6.07, 6.45) is 7.20. The van der Waals surface area contributed by atoms with Crippen LogP contribution >= 0.6 is 0 Å². The summed E-state index contributed by atoms with van der Waals surface area (Å²) in [6, 6.07) is 3.32. The van der Waals surface area contributed by atoms with Gasteiger partial charge < -0.3 is 15.0 Å². The molecule has 4 aromatic rings. The van der Waals surface area contributed by atoms with Crippen LogP contribution in [0, 0.1) is 31.0 Å². The highest BCUT2D eigenvalue weighted by Crippen LogP contribution is 2.56. The molecule has 0 bridgehead atoms. The summed E-state index contributed by atoms with van der Waals surface area (Å²) in [5.74, 6) is -0.141. The number of halogens is 1. The Morgan fingerprint density at radius 2 is 2.10 bits per heavy atom. The molecule has 158 valence electrons. The molecule has 4 aromatic heterocycles. The Morgan fingerprint density at radius 3 is 2.90 bits per heavy atom. The molecule has 0 aromatic carbocycles. The highest BCUT2D eigenvalue weighted by molar-refractivity contribution is 5.94. The largest absolute Gasteiger partial charge is 0.316 e. The molecule has 1 saturated carbocycles. The number of pyridine rings is 1. The Kier molecular flexibility index (Phi) is 3.77. The van der Waals surface area contributed by atoms with Gasteiger partial charge in [0.1, 0.15) is 0 Å². The van der Waals surface area contributed by atoms with Crippen LogP contribution in [-0.2, 0) is 4.79 Å². The number of anilines is 1. The van der Waals surface area contributed by atoms with Gasteiger partial charge in [-0.1, -0.05) is 0 Å². The number of nitrogens with one attached hydrogen (secondary N) is 2. The molecule has 2 fully saturated rings. The lowest BCUT2D eigenvalue weighted by Gasteiger charge is -2.06. The molecule has 9 heteroatoms. The first-order valence-corrected chi connectivity index (χ1v) is 10.5. The lowest BCUT2D eigenvalue weighted by Crippen LogP contribution is -2.20. The number of imidazole rings is 2. The van der Waals surface area contributed by atoms with E-state index in [2.05, 4.69) is 25.7 Å². The topological polar surface area (TPSA) is 88.6 Å². The van der Waals surface area contributed by atoms with Gasteiger partial charge in [-0.25, -0.2) is 18.9 Å². The SMILES string of the molecule is Cc1cn2nc(-c3cc(F)c4nc(NC(=O)C5CC56CCNC6)cn4c3)cc(C)c2n1. The number of hydrogen-bond acceptors (Lipinski definition) is 5. The van der Waals surface area contributed by atoms with Gasteiger partial charge in [0.05, 0.1) is 23.8 Å². The molecule has 1 spiro atoms. The zero-order chi connectivity index (χ0) is 21.3. The van der Waals surface area contributed by atoms with Crippen molar-refractivity contribution in [1.29, 1.82) is 0 Å². The lowest BCUT2D eigenvalue weighted by molar-refractivity contribution is -0.118. The minimum absolute atomic E-state index is 0.00487. The first-order chi connectivity index (χ1) is 14.9. The van der Waals surface area contributed by atoms with Crippen molar-refractivity contribution in [3.8, 4) is 11.3 Å². The molecule has 2 aliphatic rings. The van der Waals surface area contributed by atoms with E-state index in [1.54, 1.807) is 21.3 Å². The molecule has 2 unspecified atom stereocenters. The second kappa shape index (κ2) is 6.34. The molecule has 2 N–H and O–H groups in total. The van der Waals surface area contributed by atoms with E-state index in [1.165, 1.54) is 6.07 Å². The van der Waals surface area contributed by atoms with Crippen molar-refractivity contribution >= 4 is 23.0 Å². The summed E-state index contributed by atoms with van der Waals surface area (Å²) in [4.78, 5) is 21.4. The van der Waals surface area contributed by atoms with Crippen LogP contribution < -0.4 is 10.6 Å². The van der Waals surface area contributed by atoms with Gasteiger partial charge in [-0.2, -0.15) is 5.10 Å². The molecule has 0 radical (unpaired) electrons. The van der Waals surface area contributed by atoms with Crippen LogP contribution in [0.25, 0.3) is 22.6 Å². The van der Waals surface area contributed by atoms with Gasteiger partial charge in [0.2, 0.25) is 5.91 Å². The van der Waals surface area contributed by atoms with E-state index in [0.29, 0.717) is 17.1 Å². The molecule has 1 aliphatic heterocycles. The van der Waals surface area contributed by atoms with Gasteiger partial charge in [0.15, 0.2) is 22.9 Å². The van der Waals surface area contributed by atoms with Crippen LogP contribution in [0.15, 0.2) is 30.7 Å². The number of aryl methyl sites for hydroxylation is 2. The summed E-state index contributed by atoms with van der Waals surface area (Å²) >= 11 is 0. The number of hydrogen-bond donors (Lipinski definition) is 2. The Labute approximate surface area is 177 Å². The van der Waals surface area contributed by atoms with Crippen molar-refractivity contribution in [3.63, 3.8) is 0 Å².